The van der Waals surface area contributed by atoms with Crippen LogP contribution in [0.5, 0.6) is 0 Å². The first-order chi connectivity index (χ1) is 13.5. The van der Waals surface area contributed by atoms with Crippen molar-refractivity contribution in [3.05, 3.63) is 40.9 Å². The number of fused-ring (bicyclic) bond motifs is 1. The Morgan fingerprint density at radius 1 is 1.32 bits per heavy atom. The molecule has 2 aromatic heterocycles. The van der Waals surface area contributed by atoms with Crippen molar-refractivity contribution in [2.24, 2.45) is 0 Å². The number of piperidine rings is 1. The maximum absolute atomic E-state index is 12.3. The zero-order valence-electron chi connectivity index (χ0n) is 15.9. The van der Waals surface area contributed by atoms with Crippen LogP contribution in [0.3, 0.4) is 0 Å². The molecular weight excluding hydrogens is 380 g/mol. The van der Waals surface area contributed by atoms with Gasteiger partial charge in [-0.3, -0.25) is 15.0 Å². The van der Waals surface area contributed by atoms with E-state index in [4.69, 9.17) is 20.5 Å². The van der Waals surface area contributed by atoms with Crippen LogP contribution in [-0.4, -0.2) is 40.6 Å². The summed E-state index contributed by atoms with van der Waals surface area (Å²) in [5.41, 5.74) is 2.38. The number of benzene rings is 1. The fraction of sp³-hybridized carbons (Fsp3) is 0.450. The molecule has 1 N–H and O–H groups in total. The van der Waals surface area contributed by atoms with Gasteiger partial charge in [-0.25, -0.2) is 4.98 Å². The normalized spacial score (nSPS) is 16.1. The number of rotatable bonds is 5. The Bertz CT molecular complexity index is 973. The SMILES string of the molecule is CC(C)c1cc(NC(=O)CN2CCC(c3nc4cc(Cl)ccc4o3)CC2)on1. The first-order valence-corrected chi connectivity index (χ1v) is 9.90. The van der Waals surface area contributed by atoms with Gasteiger partial charge in [0, 0.05) is 17.0 Å². The Hall–Kier alpha value is -2.38. The maximum atomic E-state index is 12.3. The lowest BCUT2D eigenvalue weighted by molar-refractivity contribution is -0.117. The van der Waals surface area contributed by atoms with E-state index >= 15 is 0 Å². The number of nitrogens with zero attached hydrogens (tertiary/aromatic N) is 3. The minimum Gasteiger partial charge on any atom is -0.440 e. The van der Waals surface area contributed by atoms with Gasteiger partial charge in [0.15, 0.2) is 11.5 Å². The summed E-state index contributed by atoms with van der Waals surface area (Å²) in [6.07, 6.45) is 1.79. The van der Waals surface area contributed by atoms with Crippen LogP contribution < -0.4 is 5.32 Å². The standard InChI is InChI=1S/C20H23ClN4O3/c1-12(2)15-10-19(28-24-15)23-18(26)11-25-7-5-13(6-8-25)20-22-16-9-14(21)3-4-17(16)27-20/h3-4,9-10,12-13H,5-8,11H2,1-2H3,(H,23,26). The molecule has 28 heavy (non-hydrogen) atoms. The van der Waals surface area contributed by atoms with Gasteiger partial charge in [0.1, 0.15) is 5.52 Å². The fourth-order valence-electron chi connectivity index (χ4n) is 3.43. The van der Waals surface area contributed by atoms with Crippen LogP contribution in [0.4, 0.5) is 5.88 Å². The Labute approximate surface area is 168 Å². The number of likely N-dealkylation sites (tertiary alicyclic amines) is 1. The average Bonchev–Trinajstić information content (AvgIpc) is 3.29. The summed E-state index contributed by atoms with van der Waals surface area (Å²) in [7, 11) is 0. The third-order valence-corrected chi connectivity index (χ3v) is 5.29. The van der Waals surface area contributed by atoms with Crippen molar-refractivity contribution < 1.29 is 13.7 Å². The van der Waals surface area contributed by atoms with Gasteiger partial charge in [-0.2, -0.15) is 0 Å². The van der Waals surface area contributed by atoms with Gasteiger partial charge < -0.3 is 8.94 Å². The van der Waals surface area contributed by atoms with Crippen molar-refractivity contribution in [2.45, 2.75) is 38.5 Å². The number of oxazole rings is 1. The van der Waals surface area contributed by atoms with Crippen molar-refractivity contribution in [2.75, 3.05) is 25.0 Å². The fourth-order valence-corrected chi connectivity index (χ4v) is 3.60. The molecule has 1 aromatic carbocycles. The van der Waals surface area contributed by atoms with Crippen LogP contribution in [0.1, 0.15) is 50.1 Å². The molecule has 0 atom stereocenters. The number of nitrogens with one attached hydrogen (secondary N) is 1. The largest absolute Gasteiger partial charge is 0.440 e. The van der Waals surface area contributed by atoms with Crippen molar-refractivity contribution >= 4 is 34.5 Å². The monoisotopic (exact) mass is 402 g/mol. The smallest absolute Gasteiger partial charge is 0.240 e. The molecule has 1 fully saturated rings. The predicted molar refractivity (Wildman–Crippen MR) is 107 cm³/mol. The molecule has 1 saturated heterocycles. The highest BCUT2D eigenvalue weighted by Crippen LogP contribution is 2.30. The molecule has 0 radical (unpaired) electrons. The Morgan fingerprint density at radius 3 is 2.82 bits per heavy atom. The maximum Gasteiger partial charge on any atom is 0.240 e. The molecular formula is C20H23ClN4O3. The van der Waals surface area contributed by atoms with Crippen LogP contribution >= 0.6 is 11.6 Å². The summed E-state index contributed by atoms with van der Waals surface area (Å²) in [6.45, 7) is 6.00. The number of aromatic nitrogens is 2. The summed E-state index contributed by atoms with van der Waals surface area (Å²) in [6, 6.07) is 7.24. The molecule has 0 spiro atoms. The Balaban J connectivity index is 1.30. The highest BCUT2D eigenvalue weighted by atomic mass is 35.5. The molecule has 3 heterocycles. The van der Waals surface area contributed by atoms with Crippen molar-refractivity contribution in [1.29, 1.82) is 0 Å². The summed E-state index contributed by atoms with van der Waals surface area (Å²) in [4.78, 5) is 19.0. The van der Waals surface area contributed by atoms with Gasteiger partial charge in [0.2, 0.25) is 11.8 Å². The topological polar surface area (TPSA) is 84.4 Å². The van der Waals surface area contributed by atoms with E-state index in [-0.39, 0.29) is 17.7 Å². The molecule has 148 valence electrons. The van der Waals surface area contributed by atoms with E-state index in [1.54, 1.807) is 12.1 Å². The summed E-state index contributed by atoms with van der Waals surface area (Å²) >= 11 is 6.02. The molecule has 1 aliphatic rings. The second-order valence-corrected chi connectivity index (χ2v) is 7.97. The van der Waals surface area contributed by atoms with Gasteiger partial charge in [-0.15, -0.1) is 0 Å². The molecule has 1 amide bonds. The highest BCUT2D eigenvalue weighted by Gasteiger charge is 2.26. The zero-order chi connectivity index (χ0) is 19.7. The molecule has 3 aromatic rings. The number of carbonyl (C=O) groups is 1. The van der Waals surface area contributed by atoms with Crippen LogP contribution in [0.15, 0.2) is 33.2 Å². The van der Waals surface area contributed by atoms with E-state index in [0.717, 1.165) is 48.6 Å². The third-order valence-electron chi connectivity index (χ3n) is 5.05. The second kappa shape index (κ2) is 7.93. The lowest BCUT2D eigenvalue weighted by Gasteiger charge is -2.29. The molecule has 0 saturated carbocycles. The number of hydrogen-bond acceptors (Lipinski definition) is 6. The minimum absolute atomic E-state index is 0.0959. The first-order valence-electron chi connectivity index (χ1n) is 9.53. The van der Waals surface area contributed by atoms with E-state index in [2.05, 4.69) is 20.4 Å². The molecule has 1 aliphatic heterocycles. The van der Waals surface area contributed by atoms with Gasteiger partial charge in [-0.1, -0.05) is 30.6 Å². The molecule has 0 aliphatic carbocycles. The van der Waals surface area contributed by atoms with Gasteiger partial charge in [0.05, 0.1) is 12.2 Å². The van der Waals surface area contributed by atoms with Crippen LogP contribution in [-0.2, 0) is 4.79 Å². The minimum atomic E-state index is -0.0959. The molecule has 7 nitrogen and oxygen atoms in total. The number of halogens is 1. The van der Waals surface area contributed by atoms with Gasteiger partial charge in [-0.05, 0) is 50.0 Å². The molecule has 4 rings (SSSR count). The Kier molecular flexibility index (Phi) is 5.37. The van der Waals surface area contributed by atoms with Gasteiger partial charge in [0.25, 0.3) is 0 Å². The van der Waals surface area contributed by atoms with Crippen molar-refractivity contribution in [3.63, 3.8) is 0 Å². The van der Waals surface area contributed by atoms with E-state index in [0.29, 0.717) is 17.5 Å². The van der Waals surface area contributed by atoms with Crippen molar-refractivity contribution in [3.8, 4) is 0 Å². The summed E-state index contributed by atoms with van der Waals surface area (Å²) in [5, 5.41) is 7.38. The van der Waals surface area contributed by atoms with Crippen molar-refractivity contribution in [1.82, 2.24) is 15.0 Å². The van der Waals surface area contributed by atoms with E-state index in [1.165, 1.54) is 0 Å². The van der Waals surface area contributed by atoms with Crippen LogP contribution in [0.2, 0.25) is 5.02 Å². The first kappa shape index (κ1) is 19.0. The molecule has 0 bridgehead atoms. The third kappa shape index (κ3) is 4.20. The quantitative estimate of drug-likeness (QED) is 0.680. The summed E-state index contributed by atoms with van der Waals surface area (Å²) < 4.78 is 11.1. The number of hydrogen-bond donors (Lipinski definition) is 1. The van der Waals surface area contributed by atoms with Gasteiger partial charge >= 0.3 is 0 Å². The number of anilines is 1. The number of amides is 1. The predicted octanol–water partition coefficient (Wildman–Crippen LogP) is 4.41. The van der Waals surface area contributed by atoms with Crippen LogP contribution in [0.25, 0.3) is 11.1 Å². The second-order valence-electron chi connectivity index (χ2n) is 7.53. The average molecular weight is 403 g/mol. The summed E-state index contributed by atoms with van der Waals surface area (Å²) in [5.74, 6) is 1.57. The molecule has 0 unspecified atom stereocenters. The lowest BCUT2D eigenvalue weighted by Crippen LogP contribution is -2.38. The Morgan fingerprint density at radius 2 is 2.11 bits per heavy atom. The van der Waals surface area contributed by atoms with Crippen LogP contribution in [0, 0.1) is 0 Å². The van der Waals surface area contributed by atoms with E-state index < -0.39 is 0 Å². The molecule has 8 heteroatoms. The lowest BCUT2D eigenvalue weighted by atomic mass is 9.97. The zero-order valence-corrected chi connectivity index (χ0v) is 16.7. The van der Waals surface area contributed by atoms with E-state index in [1.807, 2.05) is 26.0 Å². The highest BCUT2D eigenvalue weighted by molar-refractivity contribution is 6.31. The van der Waals surface area contributed by atoms with E-state index in [9.17, 15) is 4.79 Å². The number of carbonyl (C=O) groups excluding carboxylic acids is 1.